The minimum absolute atomic E-state index is 0.109. The molecular formula is C25H25FN6O2. The van der Waals surface area contributed by atoms with Gasteiger partial charge in [0.25, 0.3) is 5.91 Å². The van der Waals surface area contributed by atoms with E-state index >= 15 is 0 Å². The van der Waals surface area contributed by atoms with E-state index in [1.807, 2.05) is 35.2 Å². The predicted octanol–water partition coefficient (Wildman–Crippen LogP) is 3.62. The second-order valence-corrected chi connectivity index (χ2v) is 8.56. The highest BCUT2D eigenvalue weighted by Gasteiger charge is 2.27. The first kappa shape index (κ1) is 21.8. The predicted molar refractivity (Wildman–Crippen MR) is 126 cm³/mol. The number of carbonyl (C=O) groups is 1. The number of piperidine rings is 1. The molecule has 0 unspecified atom stereocenters. The van der Waals surface area contributed by atoms with Gasteiger partial charge in [0, 0.05) is 31.0 Å². The van der Waals surface area contributed by atoms with Crippen molar-refractivity contribution >= 4 is 17.5 Å². The topological polar surface area (TPSA) is 98.6 Å². The second-order valence-electron chi connectivity index (χ2n) is 8.56. The lowest BCUT2D eigenvalue weighted by Gasteiger charge is -2.33. The van der Waals surface area contributed by atoms with Gasteiger partial charge in [-0.3, -0.25) is 4.79 Å². The summed E-state index contributed by atoms with van der Waals surface area (Å²) in [4.78, 5) is 24.0. The molecule has 9 heteroatoms. The lowest BCUT2D eigenvalue weighted by atomic mass is 9.91. The molecule has 2 N–H and O–H groups in total. The number of benzene rings is 1. The van der Waals surface area contributed by atoms with Crippen molar-refractivity contribution in [2.24, 2.45) is 5.92 Å². The number of ether oxygens (including phenoxy) is 1. The van der Waals surface area contributed by atoms with Crippen LogP contribution in [0.3, 0.4) is 0 Å². The first-order chi connectivity index (χ1) is 16.5. The van der Waals surface area contributed by atoms with Gasteiger partial charge < -0.3 is 15.4 Å². The summed E-state index contributed by atoms with van der Waals surface area (Å²) < 4.78 is 20.3. The molecule has 1 atom stereocenters. The maximum atomic E-state index is 13.5. The Hall–Kier alpha value is -4.01. The molecular weight excluding hydrogens is 435 g/mol. The Labute approximate surface area is 196 Å². The highest BCUT2D eigenvalue weighted by Crippen LogP contribution is 2.28. The van der Waals surface area contributed by atoms with Crippen LogP contribution in [0.4, 0.5) is 10.3 Å². The third kappa shape index (κ3) is 4.41. The summed E-state index contributed by atoms with van der Waals surface area (Å²) in [6, 6.07) is 12.1. The normalized spacial score (nSPS) is 16.1. The zero-order chi connectivity index (χ0) is 23.7. The minimum atomic E-state index is -0.240. The molecule has 1 fully saturated rings. The summed E-state index contributed by atoms with van der Waals surface area (Å²) in [6.07, 6.45) is 6.19. The van der Waals surface area contributed by atoms with Gasteiger partial charge in [0.1, 0.15) is 11.4 Å². The average Bonchev–Trinajstić information content (AvgIpc) is 3.24. The van der Waals surface area contributed by atoms with Crippen LogP contribution < -0.4 is 10.5 Å². The molecule has 1 saturated heterocycles. The fourth-order valence-electron chi connectivity index (χ4n) is 4.54. The summed E-state index contributed by atoms with van der Waals surface area (Å²) in [5.41, 5.74) is 9.41. The molecule has 0 saturated carbocycles. The number of hydrogen-bond donors (Lipinski definition) is 1. The van der Waals surface area contributed by atoms with Crippen molar-refractivity contribution in [3.63, 3.8) is 0 Å². The molecule has 1 amide bonds. The van der Waals surface area contributed by atoms with Crippen molar-refractivity contribution < 1.29 is 13.9 Å². The van der Waals surface area contributed by atoms with Crippen LogP contribution in [0.2, 0.25) is 0 Å². The van der Waals surface area contributed by atoms with Crippen LogP contribution in [0.25, 0.3) is 16.8 Å². The number of pyridine rings is 2. The summed E-state index contributed by atoms with van der Waals surface area (Å²) >= 11 is 0. The molecule has 1 aliphatic heterocycles. The van der Waals surface area contributed by atoms with Gasteiger partial charge in [-0.05, 0) is 66.6 Å². The van der Waals surface area contributed by atoms with Crippen LogP contribution in [0.1, 0.15) is 28.8 Å². The Morgan fingerprint density at radius 2 is 2.03 bits per heavy atom. The van der Waals surface area contributed by atoms with Gasteiger partial charge in [-0.2, -0.15) is 4.98 Å². The van der Waals surface area contributed by atoms with Crippen molar-refractivity contribution in [3.05, 3.63) is 71.8 Å². The highest BCUT2D eigenvalue weighted by molar-refractivity contribution is 5.97. The lowest BCUT2D eigenvalue weighted by Crippen LogP contribution is -2.40. The van der Waals surface area contributed by atoms with Gasteiger partial charge in [-0.25, -0.2) is 13.9 Å². The highest BCUT2D eigenvalue weighted by atomic mass is 19.1. The van der Waals surface area contributed by atoms with E-state index in [4.69, 9.17) is 10.5 Å². The van der Waals surface area contributed by atoms with Crippen molar-refractivity contribution in [2.45, 2.75) is 19.3 Å². The van der Waals surface area contributed by atoms with Gasteiger partial charge in [-0.1, -0.05) is 12.1 Å². The number of nitrogen functional groups attached to an aromatic ring is 1. The molecule has 5 rings (SSSR count). The monoisotopic (exact) mass is 460 g/mol. The molecule has 0 spiro atoms. The van der Waals surface area contributed by atoms with Crippen molar-refractivity contribution in [2.75, 3.05) is 25.9 Å². The zero-order valence-corrected chi connectivity index (χ0v) is 18.8. The molecule has 1 aromatic carbocycles. The molecule has 0 radical (unpaired) electrons. The maximum absolute atomic E-state index is 13.5. The smallest absolute Gasteiger partial charge is 0.259 e. The molecule has 0 bridgehead atoms. The number of halogens is 1. The summed E-state index contributed by atoms with van der Waals surface area (Å²) in [5, 5.41) is 4.09. The van der Waals surface area contributed by atoms with E-state index in [-0.39, 0.29) is 17.7 Å². The first-order valence-electron chi connectivity index (χ1n) is 11.2. The summed E-state index contributed by atoms with van der Waals surface area (Å²) in [5.74, 6) is 0.451. The number of nitrogens with zero attached hydrogens (tertiary/aromatic N) is 5. The Kier molecular flexibility index (Phi) is 5.83. The molecule has 4 aromatic rings. The third-order valence-electron chi connectivity index (χ3n) is 6.21. The van der Waals surface area contributed by atoms with Crippen molar-refractivity contribution in [1.82, 2.24) is 24.5 Å². The number of anilines is 1. The first-order valence-corrected chi connectivity index (χ1v) is 11.2. The molecule has 4 heterocycles. The van der Waals surface area contributed by atoms with Gasteiger partial charge in [0.2, 0.25) is 11.8 Å². The second kappa shape index (κ2) is 9.09. The number of nitrogens with two attached hydrogens (primary N) is 1. The minimum Gasteiger partial charge on any atom is -0.480 e. The Morgan fingerprint density at radius 3 is 2.82 bits per heavy atom. The van der Waals surface area contributed by atoms with Gasteiger partial charge in [0.05, 0.1) is 7.11 Å². The van der Waals surface area contributed by atoms with E-state index in [1.54, 1.807) is 16.9 Å². The van der Waals surface area contributed by atoms with E-state index in [0.717, 1.165) is 36.0 Å². The Bertz CT molecular complexity index is 1340. The van der Waals surface area contributed by atoms with Crippen LogP contribution in [0, 0.1) is 11.7 Å². The van der Waals surface area contributed by atoms with E-state index < -0.39 is 0 Å². The van der Waals surface area contributed by atoms with Crippen LogP contribution in [-0.4, -0.2) is 50.6 Å². The standard InChI is InChI=1S/C25H25FN6O2/c1-34-23-21(12-19(14-28-23)18-8-10-32-22(13-18)29-25(27)30-32)24(33)31-9-2-3-17(15-31)11-16-4-6-20(26)7-5-16/h4-8,10,12-14,17H,2-3,9,11,15H2,1H3,(H2,27,30)/t17-/m1/s1. The van der Waals surface area contributed by atoms with Gasteiger partial charge in [0.15, 0.2) is 5.65 Å². The zero-order valence-electron chi connectivity index (χ0n) is 18.8. The molecule has 0 aliphatic carbocycles. The summed E-state index contributed by atoms with van der Waals surface area (Å²) in [6.45, 7) is 1.31. The third-order valence-corrected chi connectivity index (χ3v) is 6.21. The van der Waals surface area contributed by atoms with Crippen LogP contribution in [0.15, 0.2) is 54.9 Å². The lowest BCUT2D eigenvalue weighted by molar-refractivity contribution is 0.0669. The van der Waals surface area contributed by atoms with Gasteiger partial charge >= 0.3 is 0 Å². The van der Waals surface area contributed by atoms with E-state index in [1.165, 1.54) is 19.2 Å². The number of aromatic nitrogens is 4. The van der Waals surface area contributed by atoms with Crippen molar-refractivity contribution in [1.29, 1.82) is 0 Å². The Balaban J connectivity index is 1.39. The van der Waals surface area contributed by atoms with Crippen molar-refractivity contribution in [3.8, 4) is 17.0 Å². The quantitative estimate of drug-likeness (QED) is 0.489. The molecule has 174 valence electrons. The number of methoxy groups -OCH3 is 1. The fraction of sp³-hybridized carbons (Fsp3) is 0.280. The van der Waals surface area contributed by atoms with E-state index in [2.05, 4.69) is 15.1 Å². The fourth-order valence-corrected chi connectivity index (χ4v) is 4.54. The average molecular weight is 461 g/mol. The number of carbonyl (C=O) groups excluding carboxylic acids is 1. The molecule has 8 nitrogen and oxygen atoms in total. The van der Waals surface area contributed by atoms with Crippen LogP contribution in [-0.2, 0) is 6.42 Å². The van der Waals surface area contributed by atoms with E-state index in [9.17, 15) is 9.18 Å². The number of rotatable bonds is 5. The number of amides is 1. The largest absolute Gasteiger partial charge is 0.480 e. The van der Waals surface area contributed by atoms with E-state index in [0.29, 0.717) is 36.1 Å². The molecule has 34 heavy (non-hydrogen) atoms. The molecule has 1 aliphatic rings. The molecule has 3 aromatic heterocycles. The van der Waals surface area contributed by atoms with Gasteiger partial charge in [-0.15, -0.1) is 5.10 Å². The Morgan fingerprint density at radius 1 is 1.21 bits per heavy atom. The summed E-state index contributed by atoms with van der Waals surface area (Å²) in [7, 11) is 1.51. The number of hydrogen-bond acceptors (Lipinski definition) is 6. The van der Waals surface area contributed by atoms with Crippen LogP contribution in [0.5, 0.6) is 5.88 Å². The number of fused-ring (bicyclic) bond motifs is 1. The van der Waals surface area contributed by atoms with Crippen LogP contribution >= 0.6 is 0 Å². The SMILES string of the molecule is COc1ncc(-c2ccn3nc(N)nc3c2)cc1C(=O)N1CCC[C@H](Cc2ccc(F)cc2)C1. The number of likely N-dealkylation sites (tertiary alicyclic amines) is 1. The maximum Gasteiger partial charge on any atom is 0.259 e.